The van der Waals surface area contributed by atoms with E-state index in [1.807, 2.05) is 19.2 Å². The molecule has 1 heterocycles. The van der Waals surface area contributed by atoms with E-state index < -0.39 is 0 Å². The summed E-state index contributed by atoms with van der Waals surface area (Å²) in [6.45, 7) is 4.17. The molecule has 1 N–H and O–H groups in total. The third-order valence-corrected chi connectivity index (χ3v) is 4.88. The van der Waals surface area contributed by atoms with Gasteiger partial charge in [-0.2, -0.15) is 0 Å². The zero-order valence-electron chi connectivity index (χ0n) is 10.6. The Hall–Kier alpha value is -0.710. The highest BCUT2D eigenvalue weighted by molar-refractivity contribution is 9.10. The standard InChI is InChI=1S/C14H15BrFNS/c1-8-7-12(18-9(8)2)14(17-3)10-5-4-6-11(15)13(10)16/h4-7,14,17H,1-3H3. The quantitative estimate of drug-likeness (QED) is 0.870. The van der Waals surface area contributed by atoms with Crippen LogP contribution in [0.1, 0.15) is 26.9 Å². The van der Waals surface area contributed by atoms with Gasteiger partial charge in [0.25, 0.3) is 0 Å². The molecule has 0 radical (unpaired) electrons. The molecule has 1 unspecified atom stereocenters. The summed E-state index contributed by atoms with van der Waals surface area (Å²) < 4.78 is 14.7. The Labute approximate surface area is 119 Å². The first kappa shape index (κ1) is 13.7. The Morgan fingerprint density at radius 3 is 2.61 bits per heavy atom. The van der Waals surface area contributed by atoms with Gasteiger partial charge in [-0.3, -0.25) is 0 Å². The summed E-state index contributed by atoms with van der Waals surface area (Å²) in [5.41, 5.74) is 1.93. The average molecular weight is 328 g/mol. The highest BCUT2D eigenvalue weighted by Crippen LogP contribution is 2.33. The number of hydrogen-bond donors (Lipinski definition) is 1. The van der Waals surface area contributed by atoms with E-state index in [0.717, 1.165) is 4.88 Å². The maximum absolute atomic E-state index is 14.1. The molecule has 96 valence electrons. The molecular formula is C14H15BrFNS. The predicted octanol–water partition coefficient (Wildman–Crippen LogP) is 4.58. The monoisotopic (exact) mass is 327 g/mol. The Kier molecular flexibility index (Phi) is 4.20. The molecule has 4 heteroatoms. The van der Waals surface area contributed by atoms with Crippen LogP contribution in [0.2, 0.25) is 0 Å². The summed E-state index contributed by atoms with van der Waals surface area (Å²) in [6.07, 6.45) is 0. The normalized spacial score (nSPS) is 12.7. The van der Waals surface area contributed by atoms with Crippen molar-refractivity contribution >= 4 is 27.3 Å². The van der Waals surface area contributed by atoms with Gasteiger partial charge in [0.15, 0.2) is 0 Å². The molecule has 0 fully saturated rings. The minimum atomic E-state index is -0.194. The highest BCUT2D eigenvalue weighted by Gasteiger charge is 2.19. The molecule has 1 aromatic carbocycles. The maximum atomic E-state index is 14.1. The van der Waals surface area contributed by atoms with Crippen LogP contribution >= 0.6 is 27.3 Å². The SMILES string of the molecule is CNC(c1cc(C)c(C)s1)c1cccc(Br)c1F. The Morgan fingerprint density at radius 1 is 1.33 bits per heavy atom. The Bertz CT molecular complexity index is 545. The lowest BCUT2D eigenvalue weighted by atomic mass is 10.0. The van der Waals surface area contributed by atoms with E-state index in [-0.39, 0.29) is 11.9 Å². The van der Waals surface area contributed by atoms with Crippen LogP contribution in [0.5, 0.6) is 0 Å². The van der Waals surface area contributed by atoms with Crippen LogP contribution in [-0.2, 0) is 0 Å². The van der Waals surface area contributed by atoms with Crippen molar-refractivity contribution in [3.63, 3.8) is 0 Å². The number of thiophene rings is 1. The fourth-order valence-corrected chi connectivity index (χ4v) is 3.49. The zero-order chi connectivity index (χ0) is 13.3. The van der Waals surface area contributed by atoms with Gasteiger partial charge in [-0.1, -0.05) is 12.1 Å². The third-order valence-electron chi connectivity index (χ3n) is 3.05. The molecule has 1 nitrogen and oxygen atoms in total. The summed E-state index contributed by atoms with van der Waals surface area (Å²) in [5.74, 6) is -0.194. The van der Waals surface area contributed by atoms with E-state index in [9.17, 15) is 4.39 Å². The number of hydrogen-bond acceptors (Lipinski definition) is 2. The van der Waals surface area contributed by atoms with Crippen LogP contribution in [0.4, 0.5) is 4.39 Å². The molecule has 0 aliphatic carbocycles. The fourth-order valence-electron chi connectivity index (χ4n) is 1.94. The van der Waals surface area contributed by atoms with Crippen molar-refractivity contribution in [3.8, 4) is 0 Å². The number of nitrogens with one attached hydrogen (secondary N) is 1. The molecule has 18 heavy (non-hydrogen) atoms. The van der Waals surface area contributed by atoms with E-state index >= 15 is 0 Å². The first-order chi connectivity index (χ1) is 8.54. The van der Waals surface area contributed by atoms with E-state index in [1.54, 1.807) is 17.4 Å². The molecule has 0 aliphatic heterocycles. The van der Waals surface area contributed by atoms with Crippen LogP contribution < -0.4 is 5.32 Å². The molecule has 2 aromatic rings. The van der Waals surface area contributed by atoms with Gasteiger partial charge in [0.05, 0.1) is 10.5 Å². The highest BCUT2D eigenvalue weighted by atomic mass is 79.9. The molecular weight excluding hydrogens is 313 g/mol. The van der Waals surface area contributed by atoms with E-state index in [4.69, 9.17) is 0 Å². The smallest absolute Gasteiger partial charge is 0.142 e. The molecule has 1 aromatic heterocycles. The Balaban J connectivity index is 2.48. The third kappa shape index (κ3) is 2.51. The van der Waals surface area contributed by atoms with Gasteiger partial charge in [0, 0.05) is 15.3 Å². The lowest BCUT2D eigenvalue weighted by Gasteiger charge is -2.16. The summed E-state index contributed by atoms with van der Waals surface area (Å²) in [7, 11) is 1.86. The van der Waals surface area contributed by atoms with Gasteiger partial charge >= 0.3 is 0 Å². The summed E-state index contributed by atoms with van der Waals surface area (Å²) in [5, 5.41) is 3.19. The van der Waals surface area contributed by atoms with Gasteiger partial charge in [-0.25, -0.2) is 4.39 Å². The molecule has 0 saturated heterocycles. The topological polar surface area (TPSA) is 12.0 Å². The summed E-state index contributed by atoms with van der Waals surface area (Å²) >= 11 is 4.95. The molecule has 2 rings (SSSR count). The second-order valence-corrected chi connectivity index (χ2v) is 6.39. The minimum Gasteiger partial charge on any atom is -0.309 e. The first-order valence-corrected chi connectivity index (χ1v) is 7.33. The second kappa shape index (κ2) is 5.51. The summed E-state index contributed by atoms with van der Waals surface area (Å²) in [4.78, 5) is 2.42. The van der Waals surface area contributed by atoms with Crippen molar-refractivity contribution in [2.45, 2.75) is 19.9 Å². The number of benzene rings is 1. The predicted molar refractivity (Wildman–Crippen MR) is 78.8 cm³/mol. The van der Waals surface area contributed by atoms with Gasteiger partial charge in [-0.15, -0.1) is 11.3 Å². The van der Waals surface area contributed by atoms with Gasteiger partial charge in [-0.05, 0) is 54.5 Å². The minimum absolute atomic E-state index is 0.0973. The van der Waals surface area contributed by atoms with Gasteiger partial charge < -0.3 is 5.32 Å². The van der Waals surface area contributed by atoms with Crippen molar-refractivity contribution in [1.29, 1.82) is 0 Å². The maximum Gasteiger partial charge on any atom is 0.142 e. The van der Waals surface area contributed by atoms with Crippen LogP contribution in [0.3, 0.4) is 0 Å². The van der Waals surface area contributed by atoms with Crippen molar-refractivity contribution in [2.24, 2.45) is 0 Å². The van der Waals surface area contributed by atoms with E-state index in [0.29, 0.717) is 10.0 Å². The number of aryl methyl sites for hydroxylation is 2. The molecule has 1 atom stereocenters. The average Bonchev–Trinajstić information content (AvgIpc) is 2.66. The first-order valence-electron chi connectivity index (χ1n) is 5.72. The van der Waals surface area contributed by atoms with Crippen LogP contribution in [0.15, 0.2) is 28.7 Å². The molecule has 0 spiro atoms. The zero-order valence-corrected chi connectivity index (χ0v) is 13.0. The Morgan fingerprint density at radius 2 is 2.06 bits per heavy atom. The van der Waals surface area contributed by atoms with E-state index in [1.165, 1.54) is 10.4 Å². The molecule has 0 bridgehead atoms. The van der Waals surface area contributed by atoms with Crippen molar-refractivity contribution in [1.82, 2.24) is 5.32 Å². The molecule has 0 saturated carbocycles. The summed E-state index contributed by atoms with van der Waals surface area (Å²) in [6, 6.07) is 7.43. The molecule has 0 aliphatic rings. The van der Waals surface area contributed by atoms with Crippen molar-refractivity contribution in [2.75, 3.05) is 7.05 Å². The van der Waals surface area contributed by atoms with Crippen LogP contribution in [-0.4, -0.2) is 7.05 Å². The van der Waals surface area contributed by atoms with Crippen LogP contribution in [0.25, 0.3) is 0 Å². The van der Waals surface area contributed by atoms with Crippen LogP contribution in [0, 0.1) is 19.7 Å². The van der Waals surface area contributed by atoms with Gasteiger partial charge in [0.2, 0.25) is 0 Å². The van der Waals surface area contributed by atoms with Crippen molar-refractivity contribution in [3.05, 3.63) is 55.4 Å². The lowest BCUT2D eigenvalue weighted by Crippen LogP contribution is -2.18. The number of rotatable bonds is 3. The second-order valence-electron chi connectivity index (χ2n) is 4.25. The largest absolute Gasteiger partial charge is 0.309 e. The lowest BCUT2D eigenvalue weighted by molar-refractivity contribution is 0.574. The number of halogens is 2. The molecule has 0 amide bonds. The van der Waals surface area contributed by atoms with Gasteiger partial charge in [0.1, 0.15) is 5.82 Å². The fraction of sp³-hybridized carbons (Fsp3) is 0.286. The van der Waals surface area contributed by atoms with E-state index in [2.05, 4.69) is 41.2 Å². The van der Waals surface area contributed by atoms with Crippen molar-refractivity contribution < 1.29 is 4.39 Å².